The lowest BCUT2D eigenvalue weighted by Crippen LogP contribution is -2.45. The predicted molar refractivity (Wildman–Crippen MR) is 109 cm³/mol. The zero-order valence-corrected chi connectivity index (χ0v) is 17.1. The third kappa shape index (κ3) is 4.27. The third-order valence-electron chi connectivity index (χ3n) is 5.80. The van der Waals surface area contributed by atoms with Crippen LogP contribution in [0.15, 0.2) is 29.6 Å². The van der Waals surface area contributed by atoms with Crippen LogP contribution >= 0.6 is 11.6 Å². The van der Waals surface area contributed by atoms with E-state index in [9.17, 15) is 14.7 Å². The first kappa shape index (κ1) is 20.6. The number of tetrazole rings is 1. The molecule has 0 bridgehead atoms. The Labute approximate surface area is 178 Å². The second-order valence-electron chi connectivity index (χ2n) is 7.72. The zero-order chi connectivity index (χ0) is 21.1. The summed E-state index contributed by atoms with van der Waals surface area (Å²) in [5.41, 5.74) is 1.57. The van der Waals surface area contributed by atoms with E-state index in [2.05, 4.69) is 20.6 Å². The summed E-state index contributed by atoms with van der Waals surface area (Å²) in [6, 6.07) is 4.64. The monoisotopic (exact) mass is 430 g/mol. The van der Waals surface area contributed by atoms with E-state index in [-0.39, 0.29) is 18.1 Å². The van der Waals surface area contributed by atoms with Crippen LogP contribution in [0.1, 0.15) is 44.1 Å². The SMILES string of the molecule is O=C(CCc1cc(Cl)ccc1-n1cnnn1)[C@@H]1CC=NN1C(=O)[C@H](O)C1CCCC1. The van der Waals surface area contributed by atoms with Crippen molar-refractivity contribution in [2.75, 3.05) is 0 Å². The third-order valence-corrected chi connectivity index (χ3v) is 6.04. The Morgan fingerprint density at radius 2 is 2.07 bits per heavy atom. The summed E-state index contributed by atoms with van der Waals surface area (Å²) in [6.45, 7) is 0. The number of rotatable bonds is 7. The molecule has 1 amide bonds. The van der Waals surface area contributed by atoms with Crippen molar-refractivity contribution in [3.63, 3.8) is 0 Å². The molecule has 30 heavy (non-hydrogen) atoms. The van der Waals surface area contributed by atoms with Gasteiger partial charge in [-0.2, -0.15) is 5.10 Å². The zero-order valence-electron chi connectivity index (χ0n) is 16.4. The molecule has 10 heteroatoms. The van der Waals surface area contributed by atoms with Gasteiger partial charge in [0.15, 0.2) is 5.78 Å². The topological polar surface area (TPSA) is 114 Å². The molecule has 2 atom stereocenters. The fraction of sp³-hybridized carbons (Fsp3) is 0.500. The molecule has 4 rings (SSSR count). The van der Waals surface area contributed by atoms with E-state index in [1.54, 1.807) is 24.4 Å². The molecule has 1 N–H and O–H groups in total. The lowest BCUT2D eigenvalue weighted by atomic mass is 9.97. The summed E-state index contributed by atoms with van der Waals surface area (Å²) in [5.74, 6) is -0.636. The molecule has 0 saturated heterocycles. The van der Waals surface area contributed by atoms with Crippen LogP contribution in [0.25, 0.3) is 5.69 Å². The highest BCUT2D eigenvalue weighted by atomic mass is 35.5. The number of aliphatic hydroxyl groups is 1. The van der Waals surface area contributed by atoms with Crippen LogP contribution in [-0.4, -0.2) is 60.4 Å². The van der Waals surface area contributed by atoms with Gasteiger partial charge in [-0.25, -0.2) is 9.69 Å². The number of carbonyl (C=O) groups excluding carboxylic acids is 2. The molecule has 1 saturated carbocycles. The smallest absolute Gasteiger partial charge is 0.272 e. The highest BCUT2D eigenvalue weighted by Crippen LogP contribution is 2.30. The Morgan fingerprint density at radius 1 is 1.27 bits per heavy atom. The number of aromatic nitrogens is 4. The highest BCUT2D eigenvalue weighted by Gasteiger charge is 2.38. The Balaban J connectivity index is 1.43. The Kier molecular flexibility index (Phi) is 6.19. The fourth-order valence-corrected chi connectivity index (χ4v) is 4.37. The second kappa shape index (κ2) is 9.01. The van der Waals surface area contributed by atoms with Crippen LogP contribution in [0.3, 0.4) is 0 Å². The van der Waals surface area contributed by atoms with Gasteiger partial charge in [-0.3, -0.25) is 9.59 Å². The molecule has 0 spiro atoms. The van der Waals surface area contributed by atoms with Gasteiger partial charge in [0.1, 0.15) is 18.5 Å². The maximum absolute atomic E-state index is 12.9. The predicted octanol–water partition coefficient (Wildman–Crippen LogP) is 1.96. The molecule has 2 heterocycles. The number of hydrogen-bond donors (Lipinski definition) is 1. The molecule has 9 nitrogen and oxygen atoms in total. The number of halogens is 1. The minimum absolute atomic E-state index is 0.0469. The lowest BCUT2D eigenvalue weighted by molar-refractivity contribution is -0.148. The quantitative estimate of drug-likeness (QED) is 0.718. The number of hydrazone groups is 1. The average molecular weight is 431 g/mol. The summed E-state index contributed by atoms with van der Waals surface area (Å²) < 4.78 is 1.52. The molecule has 1 aliphatic heterocycles. The molecule has 2 aromatic rings. The molecule has 158 valence electrons. The summed E-state index contributed by atoms with van der Waals surface area (Å²) in [4.78, 5) is 25.7. The number of amides is 1. The first-order valence-corrected chi connectivity index (χ1v) is 10.5. The minimum atomic E-state index is -1.10. The van der Waals surface area contributed by atoms with Crippen molar-refractivity contribution in [3.8, 4) is 5.69 Å². The first-order valence-electron chi connectivity index (χ1n) is 10.1. The number of hydrogen-bond acceptors (Lipinski definition) is 7. The molecule has 1 fully saturated rings. The van der Waals surface area contributed by atoms with Gasteiger partial charge in [-0.1, -0.05) is 24.4 Å². The van der Waals surface area contributed by atoms with E-state index in [0.29, 0.717) is 17.9 Å². The maximum Gasteiger partial charge on any atom is 0.272 e. The van der Waals surface area contributed by atoms with Crippen LogP contribution in [0.2, 0.25) is 5.02 Å². The minimum Gasteiger partial charge on any atom is -0.383 e. The summed E-state index contributed by atoms with van der Waals surface area (Å²) in [7, 11) is 0. The Morgan fingerprint density at radius 3 is 2.80 bits per heavy atom. The molecular formula is C20H23ClN6O3. The van der Waals surface area contributed by atoms with Crippen LogP contribution in [-0.2, 0) is 16.0 Å². The average Bonchev–Trinajstić information content (AvgIpc) is 3.52. The van der Waals surface area contributed by atoms with E-state index in [0.717, 1.165) is 36.9 Å². The van der Waals surface area contributed by atoms with Gasteiger partial charge in [-0.15, -0.1) is 5.10 Å². The maximum atomic E-state index is 12.9. The van der Waals surface area contributed by atoms with Gasteiger partial charge in [0.2, 0.25) is 0 Å². The molecule has 2 aliphatic rings. The summed E-state index contributed by atoms with van der Waals surface area (Å²) in [5, 5.41) is 27.4. The normalized spacial score (nSPS) is 20.1. The molecule has 1 aromatic carbocycles. The Bertz CT molecular complexity index is 942. The lowest BCUT2D eigenvalue weighted by Gasteiger charge is -2.25. The second-order valence-corrected chi connectivity index (χ2v) is 8.15. The number of nitrogens with zero attached hydrogens (tertiary/aromatic N) is 6. The van der Waals surface area contributed by atoms with Gasteiger partial charge >= 0.3 is 0 Å². The number of Topliss-reactive ketones (excluding diaryl/α,β-unsaturated/α-hetero) is 1. The van der Waals surface area contributed by atoms with Crippen molar-refractivity contribution in [2.24, 2.45) is 11.0 Å². The first-order chi connectivity index (χ1) is 14.5. The number of benzene rings is 1. The van der Waals surface area contributed by atoms with Crippen molar-refractivity contribution >= 4 is 29.5 Å². The van der Waals surface area contributed by atoms with Crippen molar-refractivity contribution < 1.29 is 14.7 Å². The largest absolute Gasteiger partial charge is 0.383 e. The van der Waals surface area contributed by atoms with Crippen LogP contribution < -0.4 is 0 Å². The van der Waals surface area contributed by atoms with E-state index in [1.807, 2.05) is 0 Å². The van der Waals surface area contributed by atoms with Gasteiger partial charge in [0.25, 0.3) is 5.91 Å². The standard InChI is InChI=1S/C20H23ClN6O3/c21-15-6-7-16(26-12-22-24-25-26)14(11-15)5-8-18(28)17-9-10-23-27(17)20(30)19(29)13-3-1-2-4-13/h6-7,10-13,17,19,29H,1-5,8-9H2/t17-,19+/m0/s1. The number of aliphatic hydroxyl groups excluding tert-OH is 1. The van der Waals surface area contributed by atoms with E-state index < -0.39 is 18.1 Å². The highest BCUT2D eigenvalue weighted by molar-refractivity contribution is 6.30. The molecule has 0 unspecified atom stereocenters. The molecular weight excluding hydrogens is 408 g/mol. The Hall–Kier alpha value is -2.65. The summed E-state index contributed by atoms with van der Waals surface area (Å²) in [6.07, 6.45) is 6.61. The van der Waals surface area contributed by atoms with Crippen molar-refractivity contribution in [2.45, 2.75) is 57.1 Å². The fourth-order valence-electron chi connectivity index (χ4n) is 4.18. The summed E-state index contributed by atoms with van der Waals surface area (Å²) >= 11 is 6.14. The van der Waals surface area contributed by atoms with Gasteiger partial charge in [-0.05, 0) is 59.4 Å². The van der Waals surface area contributed by atoms with Crippen LogP contribution in [0.5, 0.6) is 0 Å². The number of aryl methyl sites for hydroxylation is 1. The van der Waals surface area contributed by atoms with Crippen molar-refractivity contribution in [1.82, 2.24) is 25.2 Å². The van der Waals surface area contributed by atoms with E-state index >= 15 is 0 Å². The van der Waals surface area contributed by atoms with Crippen molar-refractivity contribution in [3.05, 3.63) is 35.1 Å². The molecule has 1 aliphatic carbocycles. The number of ketones is 1. The van der Waals surface area contributed by atoms with Crippen LogP contribution in [0.4, 0.5) is 0 Å². The van der Waals surface area contributed by atoms with Gasteiger partial charge in [0.05, 0.1) is 5.69 Å². The van der Waals surface area contributed by atoms with Crippen molar-refractivity contribution in [1.29, 1.82) is 0 Å². The molecule has 1 aromatic heterocycles. The number of carbonyl (C=O) groups is 2. The van der Waals surface area contributed by atoms with Gasteiger partial charge in [0, 0.05) is 24.1 Å². The van der Waals surface area contributed by atoms with Crippen LogP contribution in [0, 0.1) is 5.92 Å². The molecule has 0 radical (unpaired) electrons. The van der Waals surface area contributed by atoms with E-state index in [4.69, 9.17) is 11.6 Å². The van der Waals surface area contributed by atoms with Gasteiger partial charge < -0.3 is 5.11 Å². The van der Waals surface area contributed by atoms with E-state index in [1.165, 1.54) is 16.0 Å².